The van der Waals surface area contributed by atoms with E-state index in [0.29, 0.717) is 0 Å². The summed E-state index contributed by atoms with van der Waals surface area (Å²) in [6.07, 6.45) is 6.63. The van der Waals surface area contributed by atoms with Crippen LogP contribution >= 0.6 is 12.6 Å². The van der Waals surface area contributed by atoms with Crippen molar-refractivity contribution in [2.75, 3.05) is 5.75 Å². The van der Waals surface area contributed by atoms with Crippen LogP contribution in [0.5, 0.6) is 0 Å². The number of fused-ring (bicyclic) bond motifs is 2. The van der Waals surface area contributed by atoms with Gasteiger partial charge in [-0.3, -0.25) is 9.59 Å². The largest absolute Gasteiger partial charge is 0.481 e. The summed E-state index contributed by atoms with van der Waals surface area (Å²) in [5, 5.41) is 108. The molecular weight excluding hydrogens is 879 g/mol. The summed E-state index contributed by atoms with van der Waals surface area (Å²) in [6, 6.07) is -1.14. The first-order chi connectivity index (χ1) is 31.2. The number of carboxylic acid groups (broad SMARTS) is 1. The molecule has 374 valence electrons. The minimum absolute atomic E-state index is 0.0250. The second kappa shape index (κ2) is 28.4. The van der Waals surface area contributed by atoms with Crippen LogP contribution < -0.4 is 5.73 Å². The Kier molecular flexibility index (Phi) is 24.7. The van der Waals surface area contributed by atoms with E-state index in [-0.39, 0.29) is 49.7 Å². The highest BCUT2D eigenvalue weighted by molar-refractivity contribution is 7.80. The monoisotopic (exact) mass is 953 g/mol. The lowest BCUT2D eigenvalue weighted by molar-refractivity contribution is -0.308. The number of hydrogen-bond donors (Lipinski definition) is 12. The highest BCUT2D eigenvalue weighted by atomic mass is 32.1. The highest BCUT2D eigenvalue weighted by Gasteiger charge is 2.51. The Balaban J connectivity index is 1.87. The van der Waals surface area contributed by atoms with Crippen LogP contribution in [0, 0.1) is 23.7 Å². The van der Waals surface area contributed by atoms with Crippen molar-refractivity contribution in [2.24, 2.45) is 29.4 Å². The number of esters is 1. The van der Waals surface area contributed by atoms with Gasteiger partial charge in [0.05, 0.1) is 67.1 Å². The fraction of sp³-hybridized carbons (Fsp3) is 0.667. The van der Waals surface area contributed by atoms with Gasteiger partial charge < -0.3 is 75.7 Å². The van der Waals surface area contributed by atoms with E-state index in [4.69, 9.17) is 24.7 Å². The summed E-state index contributed by atoms with van der Waals surface area (Å²) >= 11 is 4.35. The van der Waals surface area contributed by atoms with Crippen LogP contribution in [-0.4, -0.2) is 160 Å². The Hall–Kier alpha value is -3.05. The summed E-state index contributed by atoms with van der Waals surface area (Å²) in [4.78, 5) is 25.4. The molecule has 0 saturated carbocycles. The maximum Gasteiger partial charge on any atom is 0.311 e. The van der Waals surface area contributed by atoms with Crippen molar-refractivity contribution in [2.45, 2.75) is 170 Å². The zero-order chi connectivity index (χ0) is 49.1. The van der Waals surface area contributed by atoms with Crippen molar-refractivity contribution in [1.82, 2.24) is 0 Å². The number of aliphatic hydroxyl groups is 9. The van der Waals surface area contributed by atoms with E-state index < -0.39 is 134 Å². The molecule has 3 aliphatic rings. The molecule has 0 aromatic carbocycles. The molecule has 3 aliphatic heterocycles. The number of nitrogens with two attached hydrogens (primary N) is 1. The molecule has 0 aliphatic carbocycles. The fourth-order valence-electron chi connectivity index (χ4n) is 8.22. The van der Waals surface area contributed by atoms with Crippen molar-refractivity contribution in [1.29, 1.82) is 0 Å². The number of carbonyl (C=O) groups excluding carboxylic acids is 1. The van der Waals surface area contributed by atoms with Crippen LogP contribution in [0.1, 0.15) is 79.1 Å². The number of aliphatic hydroxyl groups excluding tert-OH is 8. The lowest BCUT2D eigenvalue weighted by Crippen LogP contribution is -2.61. The van der Waals surface area contributed by atoms with Crippen LogP contribution in [0.15, 0.2) is 85.1 Å². The first kappa shape index (κ1) is 57.3. The normalized spacial score (nSPS) is 45.0. The van der Waals surface area contributed by atoms with Crippen LogP contribution in [0.4, 0.5) is 0 Å². The molecule has 66 heavy (non-hydrogen) atoms. The number of aliphatic carboxylic acids is 1. The fourth-order valence-corrected chi connectivity index (χ4v) is 8.50. The third-order valence-corrected chi connectivity index (χ3v) is 12.9. The molecule has 17 nitrogen and oxygen atoms in total. The van der Waals surface area contributed by atoms with Gasteiger partial charge in [-0.1, -0.05) is 98.9 Å². The van der Waals surface area contributed by atoms with E-state index in [0.717, 1.165) is 0 Å². The average Bonchev–Trinajstić information content (AvgIpc) is 3.24. The van der Waals surface area contributed by atoms with Crippen LogP contribution in [0.25, 0.3) is 0 Å². The number of thiol groups is 1. The number of cyclic esters (lactones) is 1. The summed E-state index contributed by atoms with van der Waals surface area (Å²) in [5.41, 5.74) is 6.03. The van der Waals surface area contributed by atoms with Gasteiger partial charge in [-0.05, 0) is 44.8 Å². The zero-order valence-electron chi connectivity index (χ0n) is 38.3. The second-order valence-corrected chi connectivity index (χ2v) is 18.3. The Bertz CT molecular complexity index is 1690. The molecule has 19 atom stereocenters. The van der Waals surface area contributed by atoms with Crippen LogP contribution in [0.2, 0.25) is 0 Å². The van der Waals surface area contributed by atoms with E-state index >= 15 is 0 Å². The number of hydrogen-bond acceptors (Lipinski definition) is 17. The lowest BCUT2D eigenvalue weighted by Gasteiger charge is -2.45. The first-order valence-electron chi connectivity index (χ1n) is 22.8. The maximum atomic E-state index is 12.9. The molecule has 2 bridgehead atoms. The Morgan fingerprint density at radius 1 is 0.727 bits per heavy atom. The maximum absolute atomic E-state index is 12.9. The van der Waals surface area contributed by atoms with Crippen molar-refractivity contribution < 1.29 is 79.6 Å². The molecule has 2 fully saturated rings. The smallest absolute Gasteiger partial charge is 0.311 e. The van der Waals surface area contributed by atoms with Gasteiger partial charge in [0.2, 0.25) is 0 Å². The van der Waals surface area contributed by atoms with Gasteiger partial charge in [0.15, 0.2) is 12.1 Å². The molecule has 3 rings (SSSR count). The molecule has 0 spiro atoms. The predicted molar refractivity (Wildman–Crippen MR) is 248 cm³/mol. The number of carboxylic acids is 1. The molecule has 2 saturated heterocycles. The summed E-state index contributed by atoms with van der Waals surface area (Å²) < 4.78 is 23.4. The predicted octanol–water partition coefficient (Wildman–Crippen LogP) is 1.90. The van der Waals surface area contributed by atoms with Gasteiger partial charge >= 0.3 is 11.9 Å². The third kappa shape index (κ3) is 18.8. The van der Waals surface area contributed by atoms with Gasteiger partial charge in [-0.15, -0.1) is 0 Å². The average molecular weight is 954 g/mol. The molecule has 12 N–H and O–H groups in total. The molecule has 0 unspecified atom stereocenters. The third-order valence-electron chi connectivity index (χ3n) is 12.4. The number of ether oxygens (including phenoxy) is 4. The summed E-state index contributed by atoms with van der Waals surface area (Å²) in [7, 11) is 0. The van der Waals surface area contributed by atoms with Crippen molar-refractivity contribution >= 4 is 24.6 Å². The Labute approximate surface area is 393 Å². The second-order valence-electron chi connectivity index (χ2n) is 18.0. The molecule has 0 amide bonds. The SMILES string of the molecule is C[C@@H]1[C@H](O)[C@@H](C)\C=C/C=C\C=C/C=C\C=C/C=C\C=C/[C@H](O[C@H]2O[C@H](C)[C@@H](O)[C@H](N)[C@@H]2O)C[C@@H]2O[C@](O)(C[C@@H](O)C[C@@H](O)[C@H](O)CC[C@@H](O)C[C@@H](CS)CC(=O)O[C@H]1C)C[C@H](O)[C@H]2C(=O)O. The minimum atomic E-state index is -2.31. The summed E-state index contributed by atoms with van der Waals surface area (Å²) in [6.45, 7) is 6.91. The summed E-state index contributed by atoms with van der Waals surface area (Å²) in [5.74, 6) is -6.60. The molecule has 18 heteroatoms. The van der Waals surface area contributed by atoms with Gasteiger partial charge in [0.1, 0.15) is 18.1 Å². The number of carbonyl (C=O) groups is 2. The number of rotatable bonds is 4. The van der Waals surface area contributed by atoms with Crippen molar-refractivity contribution in [3.05, 3.63) is 85.1 Å². The molecular formula is C48H75NO16S. The zero-order valence-corrected chi connectivity index (χ0v) is 39.2. The quantitative estimate of drug-likeness (QED) is 0.142. The molecule has 0 aromatic heterocycles. The Morgan fingerprint density at radius 2 is 1.30 bits per heavy atom. The van der Waals surface area contributed by atoms with Crippen molar-refractivity contribution in [3.63, 3.8) is 0 Å². The van der Waals surface area contributed by atoms with E-state index in [1.54, 1.807) is 50.3 Å². The van der Waals surface area contributed by atoms with E-state index in [2.05, 4.69) is 12.6 Å². The highest BCUT2D eigenvalue weighted by Crippen LogP contribution is 2.38. The van der Waals surface area contributed by atoms with Gasteiger partial charge in [-0.25, -0.2) is 0 Å². The molecule has 3 heterocycles. The lowest BCUT2D eigenvalue weighted by atomic mass is 9.82. The van der Waals surface area contributed by atoms with E-state index in [1.807, 2.05) is 49.5 Å². The van der Waals surface area contributed by atoms with E-state index in [1.165, 1.54) is 13.0 Å². The van der Waals surface area contributed by atoms with Gasteiger partial charge in [-0.2, -0.15) is 12.6 Å². The first-order valence-corrected chi connectivity index (χ1v) is 23.4. The Morgan fingerprint density at radius 3 is 1.88 bits per heavy atom. The minimum Gasteiger partial charge on any atom is -0.481 e. The topological polar surface area (TPSA) is 299 Å². The number of allylic oxidation sites excluding steroid dienone is 12. The van der Waals surface area contributed by atoms with Crippen LogP contribution in [0.3, 0.4) is 0 Å². The van der Waals surface area contributed by atoms with Gasteiger partial charge in [0.25, 0.3) is 0 Å². The standard InChI is InChI=1S/C48H75NO16S/c1-28-17-15-13-11-9-7-5-6-8-10-12-14-16-18-35(64-47-45(58)42(49)44(57)31(4)63-47)24-39-41(46(59)60)38(54)26-48(61,65-39)25-34(51)23-37(53)36(52)20-19-33(50)21-32(27-66)22-40(55)62-30(3)29(2)43(28)56/h5-18,28-39,41-45,47,50-54,56-58,61,66H,19-27,49H2,1-4H3,(H,59,60)/b6-5-,9-7-,10-8-,13-11-,14-12-,17-15-,18-16-/t28-,29-,30-,31+,32+,33+,34-,35-,36+,37+,38-,39-,41+,42-,43+,44+,45-,47+,48+/m0/s1. The van der Waals surface area contributed by atoms with Crippen LogP contribution in [-0.2, 0) is 28.5 Å². The van der Waals surface area contributed by atoms with Gasteiger partial charge in [0, 0.05) is 43.9 Å². The van der Waals surface area contributed by atoms with Crippen molar-refractivity contribution in [3.8, 4) is 0 Å². The molecule has 0 aromatic rings. The molecule has 0 radical (unpaired) electrons. The van der Waals surface area contributed by atoms with E-state index in [9.17, 15) is 60.7 Å².